The number of hydrogen-bond acceptors (Lipinski definition) is 2. The Kier molecular flexibility index (Phi) is 4.50. The maximum Gasteiger partial charge on any atom is 0.224 e. The van der Waals surface area contributed by atoms with Crippen molar-refractivity contribution in [2.75, 3.05) is 13.1 Å². The third-order valence-electron chi connectivity index (χ3n) is 6.08. The van der Waals surface area contributed by atoms with E-state index >= 15 is 0 Å². The Hall–Kier alpha value is -1.52. The number of aliphatic hydroxyl groups is 1. The fourth-order valence-corrected chi connectivity index (χ4v) is 4.69. The van der Waals surface area contributed by atoms with Crippen molar-refractivity contribution < 1.29 is 9.90 Å². The number of carbonyl (C=O) groups is 1. The molecule has 134 valence electrons. The summed E-state index contributed by atoms with van der Waals surface area (Å²) in [5.41, 5.74) is 0.545. The molecule has 2 atom stereocenters. The predicted octanol–water partition coefficient (Wildman–Crippen LogP) is 3.84. The highest BCUT2D eigenvalue weighted by Gasteiger charge is 2.43. The molecular formula is C20H25ClN2O2. The average molecular weight is 361 g/mol. The van der Waals surface area contributed by atoms with Gasteiger partial charge in [0.2, 0.25) is 5.91 Å². The lowest BCUT2D eigenvalue weighted by Gasteiger charge is -2.47. The van der Waals surface area contributed by atoms with Crippen LogP contribution in [0.4, 0.5) is 0 Å². The summed E-state index contributed by atoms with van der Waals surface area (Å²) in [6.45, 7) is 2.06. The van der Waals surface area contributed by atoms with Crippen molar-refractivity contribution in [3.05, 3.63) is 35.5 Å². The molecule has 1 aliphatic carbocycles. The molecular weight excluding hydrogens is 336 g/mol. The molecule has 0 bridgehead atoms. The van der Waals surface area contributed by atoms with E-state index in [-0.39, 0.29) is 11.8 Å². The number of hydrogen-bond donors (Lipinski definition) is 1. The maximum atomic E-state index is 12.7. The Balaban J connectivity index is 1.40. The third-order valence-corrected chi connectivity index (χ3v) is 6.32. The number of nitrogens with zero attached hydrogens (tertiary/aromatic N) is 2. The summed E-state index contributed by atoms with van der Waals surface area (Å²) in [6, 6.07) is 7.90. The van der Waals surface area contributed by atoms with Gasteiger partial charge in [-0.25, -0.2) is 0 Å². The number of carbonyl (C=O) groups excluding carboxylic acids is 1. The molecule has 2 heterocycles. The van der Waals surface area contributed by atoms with Gasteiger partial charge in [0, 0.05) is 48.7 Å². The Labute approximate surface area is 153 Å². The van der Waals surface area contributed by atoms with Gasteiger partial charge in [0.05, 0.1) is 5.60 Å². The van der Waals surface area contributed by atoms with Gasteiger partial charge in [-0.15, -0.1) is 0 Å². The standard InChI is InChI=1S/C20H25ClN2O2/c21-17-5-4-15-6-10-22(18(15)13-17)11-7-19(24)23-12-9-20(25)8-2-1-3-16(20)14-23/h4-6,10,13,16,25H,1-3,7-9,11-12,14H2/t16-,20-/m1/s1. The summed E-state index contributed by atoms with van der Waals surface area (Å²) in [7, 11) is 0. The number of halogens is 1. The van der Waals surface area contributed by atoms with Crippen LogP contribution in [-0.4, -0.2) is 39.2 Å². The smallest absolute Gasteiger partial charge is 0.224 e. The zero-order valence-corrected chi connectivity index (χ0v) is 15.2. The predicted molar refractivity (Wildman–Crippen MR) is 99.7 cm³/mol. The van der Waals surface area contributed by atoms with Crippen LogP contribution in [-0.2, 0) is 11.3 Å². The molecule has 1 saturated heterocycles. The number of amides is 1. The van der Waals surface area contributed by atoms with Gasteiger partial charge in [0.25, 0.3) is 0 Å². The van der Waals surface area contributed by atoms with Crippen LogP contribution in [0.15, 0.2) is 30.5 Å². The molecule has 2 fully saturated rings. The molecule has 5 heteroatoms. The molecule has 1 N–H and O–H groups in total. The molecule has 4 rings (SSSR count). The molecule has 1 aromatic heterocycles. The van der Waals surface area contributed by atoms with Gasteiger partial charge < -0.3 is 14.6 Å². The molecule has 25 heavy (non-hydrogen) atoms. The van der Waals surface area contributed by atoms with Gasteiger partial charge in [-0.1, -0.05) is 30.5 Å². The second kappa shape index (κ2) is 6.65. The largest absolute Gasteiger partial charge is 0.389 e. The van der Waals surface area contributed by atoms with Gasteiger partial charge in [-0.3, -0.25) is 4.79 Å². The Morgan fingerprint density at radius 1 is 1.28 bits per heavy atom. The van der Waals surface area contributed by atoms with Gasteiger partial charge in [-0.05, 0) is 42.8 Å². The Morgan fingerprint density at radius 3 is 3.04 bits per heavy atom. The minimum absolute atomic E-state index is 0.191. The van der Waals surface area contributed by atoms with Crippen LogP contribution in [0.1, 0.15) is 38.5 Å². The van der Waals surface area contributed by atoms with Crippen LogP contribution in [0.25, 0.3) is 10.9 Å². The van der Waals surface area contributed by atoms with Crippen molar-refractivity contribution in [3.8, 4) is 0 Å². The number of likely N-dealkylation sites (tertiary alicyclic amines) is 1. The van der Waals surface area contributed by atoms with E-state index in [9.17, 15) is 9.90 Å². The minimum Gasteiger partial charge on any atom is -0.389 e. The summed E-state index contributed by atoms with van der Waals surface area (Å²) in [6.07, 6.45) is 7.46. The van der Waals surface area contributed by atoms with Crippen molar-refractivity contribution in [3.63, 3.8) is 0 Å². The van der Waals surface area contributed by atoms with E-state index < -0.39 is 5.60 Å². The van der Waals surface area contributed by atoms with Gasteiger partial charge in [0.15, 0.2) is 0 Å². The van der Waals surface area contributed by atoms with E-state index in [0.29, 0.717) is 31.1 Å². The highest BCUT2D eigenvalue weighted by atomic mass is 35.5. The second-order valence-electron chi connectivity index (χ2n) is 7.60. The van der Waals surface area contributed by atoms with E-state index in [2.05, 4.69) is 10.6 Å². The lowest BCUT2D eigenvalue weighted by Crippen LogP contribution is -2.54. The number of aryl methyl sites for hydroxylation is 1. The van der Waals surface area contributed by atoms with Gasteiger partial charge >= 0.3 is 0 Å². The summed E-state index contributed by atoms with van der Waals surface area (Å²) in [4.78, 5) is 14.6. The van der Waals surface area contributed by atoms with Crippen molar-refractivity contribution in [1.82, 2.24) is 9.47 Å². The van der Waals surface area contributed by atoms with Gasteiger partial charge in [-0.2, -0.15) is 0 Å². The molecule has 2 aromatic rings. The van der Waals surface area contributed by atoms with Crippen LogP contribution in [0.2, 0.25) is 5.02 Å². The first-order valence-electron chi connectivity index (χ1n) is 9.30. The third kappa shape index (κ3) is 3.30. The summed E-state index contributed by atoms with van der Waals surface area (Å²) in [5.74, 6) is 0.446. The highest BCUT2D eigenvalue weighted by Crippen LogP contribution is 2.39. The number of benzene rings is 1. The topological polar surface area (TPSA) is 45.5 Å². The lowest BCUT2D eigenvalue weighted by atomic mass is 9.71. The van der Waals surface area contributed by atoms with E-state index in [1.807, 2.05) is 29.3 Å². The fourth-order valence-electron chi connectivity index (χ4n) is 4.52. The fraction of sp³-hybridized carbons (Fsp3) is 0.550. The minimum atomic E-state index is -0.525. The lowest BCUT2D eigenvalue weighted by molar-refractivity contribution is -0.143. The van der Waals surface area contributed by atoms with Crippen molar-refractivity contribution in [1.29, 1.82) is 0 Å². The molecule has 4 nitrogen and oxygen atoms in total. The van der Waals surface area contributed by atoms with Crippen LogP contribution < -0.4 is 0 Å². The van der Waals surface area contributed by atoms with Crippen LogP contribution in [0.5, 0.6) is 0 Å². The quantitative estimate of drug-likeness (QED) is 0.903. The Bertz CT molecular complexity index is 787. The van der Waals surface area contributed by atoms with Crippen LogP contribution in [0, 0.1) is 5.92 Å². The average Bonchev–Trinajstić information content (AvgIpc) is 3.01. The number of piperidine rings is 1. The molecule has 2 aliphatic rings. The van der Waals surface area contributed by atoms with Crippen molar-refractivity contribution in [2.24, 2.45) is 5.92 Å². The Morgan fingerprint density at radius 2 is 2.16 bits per heavy atom. The second-order valence-corrected chi connectivity index (χ2v) is 8.03. The molecule has 1 aliphatic heterocycles. The molecule has 1 amide bonds. The number of fused-ring (bicyclic) bond motifs is 2. The number of rotatable bonds is 3. The molecule has 0 unspecified atom stereocenters. The van der Waals surface area contributed by atoms with Gasteiger partial charge in [0.1, 0.15) is 0 Å². The van der Waals surface area contributed by atoms with E-state index in [4.69, 9.17) is 11.6 Å². The zero-order chi connectivity index (χ0) is 17.4. The first-order chi connectivity index (χ1) is 12.0. The van der Waals surface area contributed by atoms with Crippen molar-refractivity contribution in [2.45, 2.75) is 50.7 Å². The summed E-state index contributed by atoms with van der Waals surface area (Å²) >= 11 is 6.10. The first-order valence-corrected chi connectivity index (χ1v) is 9.67. The molecule has 0 spiro atoms. The SMILES string of the molecule is O=C(CCn1ccc2ccc(Cl)cc21)N1CC[C@]2(O)CCCC[C@@H]2C1. The van der Waals surface area contributed by atoms with Crippen LogP contribution >= 0.6 is 11.6 Å². The van der Waals surface area contributed by atoms with E-state index in [1.165, 1.54) is 6.42 Å². The maximum absolute atomic E-state index is 12.7. The summed E-state index contributed by atoms with van der Waals surface area (Å²) < 4.78 is 2.10. The summed E-state index contributed by atoms with van der Waals surface area (Å²) in [5, 5.41) is 12.6. The molecule has 1 aromatic carbocycles. The monoisotopic (exact) mass is 360 g/mol. The van der Waals surface area contributed by atoms with Crippen molar-refractivity contribution >= 4 is 28.4 Å². The zero-order valence-electron chi connectivity index (χ0n) is 14.5. The normalized spacial score (nSPS) is 26.6. The van der Waals surface area contributed by atoms with E-state index in [0.717, 1.165) is 36.6 Å². The molecule has 0 radical (unpaired) electrons. The van der Waals surface area contributed by atoms with E-state index in [1.54, 1.807) is 0 Å². The highest BCUT2D eigenvalue weighted by molar-refractivity contribution is 6.31. The first kappa shape index (κ1) is 16.9. The number of aromatic nitrogens is 1. The van der Waals surface area contributed by atoms with Crippen LogP contribution in [0.3, 0.4) is 0 Å². The molecule has 1 saturated carbocycles.